The van der Waals surface area contributed by atoms with Crippen molar-refractivity contribution in [2.45, 2.75) is 64.8 Å². The van der Waals surface area contributed by atoms with Crippen molar-refractivity contribution in [3.05, 3.63) is 0 Å². The van der Waals surface area contributed by atoms with Gasteiger partial charge in [-0.25, -0.2) is 0 Å². The molecule has 0 aliphatic carbocycles. The van der Waals surface area contributed by atoms with Gasteiger partial charge in [-0.15, -0.1) is 0 Å². The zero-order chi connectivity index (χ0) is 13.7. The van der Waals surface area contributed by atoms with Gasteiger partial charge in [-0.2, -0.15) is 0 Å². The highest BCUT2D eigenvalue weighted by Gasteiger charge is 2.39. The molecule has 0 aliphatic heterocycles. The van der Waals surface area contributed by atoms with Crippen LogP contribution in [0.2, 0.25) is 18.1 Å². The van der Waals surface area contributed by atoms with Gasteiger partial charge in [-0.05, 0) is 24.1 Å². The number of hydrogen-bond donors (Lipinski definition) is 0. The van der Waals surface area contributed by atoms with E-state index in [1.165, 1.54) is 0 Å². The van der Waals surface area contributed by atoms with Crippen LogP contribution in [0.5, 0.6) is 0 Å². The number of carbonyl (C=O) groups is 2. The molecule has 0 rings (SSSR count). The smallest absolute Gasteiger partial charge is 0.192 e. The summed E-state index contributed by atoms with van der Waals surface area (Å²) in [7, 11) is -1.87. The number of carbonyl (C=O) groups excluding carboxylic acids is 2. The molecule has 0 saturated carbocycles. The molecule has 0 unspecified atom stereocenters. The van der Waals surface area contributed by atoms with Crippen LogP contribution in [0, 0.1) is 5.92 Å². The van der Waals surface area contributed by atoms with Crippen LogP contribution in [0.1, 0.15) is 40.5 Å². The Hall–Kier alpha value is -0.483. The Morgan fingerprint density at radius 2 is 1.59 bits per heavy atom. The lowest BCUT2D eigenvalue weighted by atomic mass is 10.00. The molecule has 0 spiro atoms. The molecule has 0 radical (unpaired) electrons. The molecule has 3 nitrogen and oxygen atoms in total. The van der Waals surface area contributed by atoms with Crippen molar-refractivity contribution in [2.75, 3.05) is 0 Å². The second-order valence-electron chi connectivity index (χ2n) is 6.20. The molecular weight excluding hydrogens is 232 g/mol. The minimum Gasteiger partial charge on any atom is -0.413 e. The Bertz CT molecular complexity index is 256. The molecule has 0 aliphatic rings. The van der Waals surface area contributed by atoms with Crippen LogP contribution in [-0.2, 0) is 14.0 Å². The van der Waals surface area contributed by atoms with E-state index in [4.69, 9.17) is 4.43 Å². The molecule has 0 aromatic carbocycles. The third kappa shape index (κ3) is 5.13. The summed E-state index contributed by atoms with van der Waals surface area (Å²) in [5.41, 5.74) is 0. The highest BCUT2D eigenvalue weighted by atomic mass is 28.4. The van der Waals surface area contributed by atoms with E-state index < -0.39 is 8.32 Å². The van der Waals surface area contributed by atoms with Crippen molar-refractivity contribution in [3.63, 3.8) is 0 Å². The largest absolute Gasteiger partial charge is 0.413 e. The van der Waals surface area contributed by atoms with Gasteiger partial charge >= 0.3 is 0 Å². The quantitative estimate of drug-likeness (QED) is 0.520. The first kappa shape index (κ1) is 16.5. The van der Waals surface area contributed by atoms with E-state index in [1.54, 1.807) is 0 Å². The maximum Gasteiger partial charge on any atom is 0.192 e. The normalized spacial score (nSPS) is 16.4. The molecule has 0 amide bonds. The van der Waals surface area contributed by atoms with Crippen LogP contribution < -0.4 is 0 Å². The summed E-state index contributed by atoms with van der Waals surface area (Å²) in [4.78, 5) is 21.3. The van der Waals surface area contributed by atoms with Gasteiger partial charge in [-0.3, -0.25) is 0 Å². The van der Waals surface area contributed by atoms with Crippen molar-refractivity contribution in [3.8, 4) is 0 Å². The van der Waals surface area contributed by atoms with Crippen molar-refractivity contribution in [2.24, 2.45) is 5.92 Å². The van der Waals surface area contributed by atoms with E-state index in [1.807, 2.05) is 6.92 Å². The Morgan fingerprint density at radius 1 is 1.12 bits per heavy atom. The Morgan fingerprint density at radius 3 is 1.94 bits per heavy atom. The molecule has 4 heteroatoms. The lowest BCUT2D eigenvalue weighted by Gasteiger charge is -2.40. The molecule has 0 bridgehead atoms. The molecule has 0 aromatic rings. The molecule has 0 heterocycles. The summed E-state index contributed by atoms with van der Waals surface area (Å²) in [6.45, 7) is 12.8. The zero-order valence-corrected chi connectivity index (χ0v) is 12.9. The second-order valence-corrected chi connectivity index (χ2v) is 11.0. The molecule has 0 fully saturated rings. The highest BCUT2D eigenvalue weighted by Crippen LogP contribution is 2.38. The fourth-order valence-electron chi connectivity index (χ4n) is 1.35. The SMILES string of the molecule is C[C@H](CC=O)[C@H](CC=O)O[Si](C)(C)C(C)(C)C. The summed E-state index contributed by atoms with van der Waals surface area (Å²) < 4.78 is 6.21. The summed E-state index contributed by atoms with van der Waals surface area (Å²) >= 11 is 0. The molecule has 2 atom stereocenters. The topological polar surface area (TPSA) is 43.4 Å². The molecule has 0 N–H and O–H groups in total. The van der Waals surface area contributed by atoms with Gasteiger partial charge < -0.3 is 14.0 Å². The fourth-order valence-corrected chi connectivity index (χ4v) is 2.79. The maximum atomic E-state index is 10.7. The van der Waals surface area contributed by atoms with Crippen LogP contribution >= 0.6 is 0 Å². The Balaban J connectivity index is 4.74. The van der Waals surface area contributed by atoms with Crippen LogP contribution in [0.4, 0.5) is 0 Å². The second kappa shape index (κ2) is 6.45. The van der Waals surface area contributed by atoms with E-state index in [9.17, 15) is 9.59 Å². The average Bonchev–Trinajstić information content (AvgIpc) is 2.15. The third-order valence-corrected chi connectivity index (χ3v) is 8.19. The minimum absolute atomic E-state index is 0.104. The first-order chi connectivity index (χ1) is 7.65. The lowest BCUT2D eigenvalue weighted by Crippen LogP contribution is -2.45. The van der Waals surface area contributed by atoms with Crippen molar-refractivity contribution in [1.82, 2.24) is 0 Å². The summed E-state index contributed by atoms with van der Waals surface area (Å²) in [5.74, 6) is 0.104. The first-order valence-electron chi connectivity index (χ1n) is 6.20. The fraction of sp³-hybridized carbons (Fsp3) is 0.846. The van der Waals surface area contributed by atoms with Crippen molar-refractivity contribution >= 4 is 20.9 Å². The molecule has 0 saturated heterocycles. The zero-order valence-electron chi connectivity index (χ0n) is 11.9. The van der Waals surface area contributed by atoms with E-state index >= 15 is 0 Å². The van der Waals surface area contributed by atoms with Crippen LogP contribution in [0.3, 0.4) is 0 Å². The standard InChI is InChI=1S/C13H26O3Si/c1-11(7-9-14)12(8-10-15)16-17(5,6)13(2,3)4/h9-12H,7-8H2,1-6H3/t11-,12+/m1/s1. The van der Waals surface area contributed by atoms with Gasteiger partial charge in [0.1, 0.15) is 12.6 Å². The van der Waals surface area contributed by atoms with E-state index in [2.05, 4.69) is 33.9 Å². The van der Waals surface area contributed by atoms with Crippen LogP contribution in [0.25, 0.3) is 0 Å². The van der Waals surface area contributed by atoms with Crippen molar-refractivity contribution < 1.29 is 14.0 Å². The van der Waals surface area contributed by atoms with Gasteiger partial charge in [0.25, 0.3) is 0 Å². The molecule has 17 heavy (non-hydrogen) atoms. The average molecular weight is 258 g/mol. The number of aldehydes is 2. The maximum absolute atomic E-state index is 10.7. The van der Waals surface area contributed by atoms with Crippen LogP contribution in [0.15, 0.2) is 0 Å². The predicted molar refractivity (Wildman–Crippen MR) is 72.6 cm³/mol. The third-order valence-electron chi connectivity index (χ3n) is 3.68. The predicted octanol–water partition coefficient (Wildman–Crippen LogP) is 3.19. The van der Waals surface area contributed by atoms with Gasteiger partial charge in [0.05, 0.1) is 6.10 Å². The number of rotatable bonds is 7. The van der Waals surface area contributed by atoms with Gasteiger partial charge in [0.15, 0.2) is 8.32 Å². The van der Waals surface area contributed by atoms with Crippen molar-refractivity contribution in [1.29, 1.82) is 0 Å². The Labute approximate surface area is 106 Å². The summed E-state index contributed by atoms with van der Waals surface area (Å²) in [6, 6.07) is 0. The van der Waals surface area contributed by atoms with E-state index in [-0.39, 0.29) is 17.1 Å². The monoisotopic (exact) mass is 258 g/mol. The molecule has 0 aromatic heterocycles. The first-order valence-corrected chi connectivity index (χ1v) is 9.11. The molecule has 100 valence electrons. The molecular formula is C13H26O3Si. The summed E-state index contributed by atoms with van der Waals surface area (Å²) in [6.07, 6.45) is 2.49. The van der Waals surface area contributed by atoms with Gasteiger partial charge in [0.2, 0.25) is 0 Å². The Kier molecular flexibility index (Phi) is 6.27. The van der Waals surface area contributed by atoms with E-state index in [0.29, 0.717) is 12.8 Å². The van der Waals surface area contributed by atoms with Gasteiger partial charge in [0, 0.05) is 12.8 Å². The van der Waals surface area contributed by atoms with Crippen LogP contribution in [-0.4, -0.2) is 27.0 Å². The minimum atomic E-state index is -1.87. The summed E-state index contributed by atoms with van der Waals surface area (Å²) in [5, 5.41) is 0.120. The highest BCUT2D eigenvalue weighted by molar-refractivity contribution is 6.74. The number of hydrogen-bond acceptors (Lipinski definition) is 3. The van der Waals surface area contributed by atoms with E-state index in [0.717, 1.165) is 12.6 Å². The van der Waals surface area contributed by atoms with Gasteiger partial charge in [-0.1, -0.05) is 27.7 Å². The lowest BCUT2D eigenvalue weighted by molar-refractivity contribution is -0.112.